The van der Waals surface area contributed by atoms with Gasteiger partial charge in [-0.25, -0.2) is 18.1 Å². The van der Waals surface area contributed by atoms with Gasteiger partial charge in [-0.05, 0) is 19.4 Å². The van der Waals surface area contributed by atoms with E-state index in [0.717, 1.165) is 11.8 Å². The number of rotatable bonds is 7. The third-order valence-electron chi connectivity index (χ3n) is 3.86. The number of pyridine rings is 1. The molecule has 0 saturated carbocycles. The summed E-state index contributed by atoms with van der Waals surface area (Å²) < 4.78 is 36.2. The number of methoxy groups -OCH3 is 1. The molecule has 2 unspecified atom stereocenters. The van der Waals surface area contributed by atoms with Crippen molar-refractivity contribution >= 4 is 15.9 Å². The first-order valence-electron chi connectivity index (χ1n) is 7.62. The molecule has 1 saturated heterocycles. The van der Waals surface area contributed by atoms with Gasteiger partial charge in [0.2, 0.25) is 15.9 Å². The van der Waals surface area contributed by atoms with Crippen molar-refractivity contribution in [3.63, 3.8) is 0 Å². The molecule has 8 nitrogen and oxygen atoms in total. The second-order valence-corrected chi connectivity index (χ2v) is 7.59. The summed E-state index contributed by atoms with van der Waals surface area (Å²) in [5, 5.41) is 0. The van der Waals surface area contributed by atoms with Gasteiger partial charge in [0.1, 0.15) is 0 Å². The van der Waals surface area contributed by atoms with E-state index in [-0.39, 0.29) is 31.2 Å². The molecule has 1 aromatic heterocycles. The number of carbonyl (C=O) groups excluding carboxylic acids is 1. The summed E-state index contributed by atoms with van der Waals surface area (Å²) >= 11 is 0. The number of aryl methyl sites for hydroxylation is 1. The van der Waals surface area contributed by atoms with Gasteiger partial charge in [0.15, 0.2) is 6.61 Å². The van der Waals surface area contributed by atoms with Gasteiger partial charge in [-0.3, -0.25) is 4.79 Å². The van der Waals surface area contributed by atoms with E-state index in [1.807, 2.05) is 13.0 Å². The molecule has 134 valence electrons. The van der Waals surface area contributed by atoms with E-state index in [9.17, 15) is 13.2 Å². The maximum atomic E-state index is 12.5. The van der Waals surface area contributed by atoms with Gasteiger partial charge < -0.3 is 14.4 Å². The van der Waals surface area contributed by atoms with Crippen LogP contribution in [0.5, 0.6) is 5.88 Å². The lowest BCUT2D eigenvalue weighted by Gasteiger charge is -2.27. The van der Waals surface area contributed by atoms with Gasteiger partial charge in [0.05, 0.1) is 18.9 Å². The molecule has 0 aromatic carbocycles. The number of nitrogens with zero attached hydrogens (tertiary/aromatic N) is 2. The Kier molecular flexibility index (Phi) is 6.14. The molecule has 0 aliphatic carbocycles. The maximum Gasteiger partial charge on any atom is 0.260 e. The Morgan fingerprint density at radius 2 is 2.25 bits per heavy atom. The molecule has 0 bridgehead atoms. The van der Waals surface area contributed by atoms with Crippen LogP contribution in [0.1, 0.15) is 12.0 Å². The third kappa shape index (κ3) is 4.89. The fourth-order valence-corrected chi connectivity index (χ4v) is 3.61. The molecule has 2 heterocycles. The number of sulfonamides is 1. The number of carbonyl (C=O) groups is 1. The summed E-state index contributed by atoms with van der Waals surface area (Å²) in [6.07, 6.45) is 3.24. The second-order valence-electron chi connectivity index (χ2n) is 5.81. The van der Waals surface area contributed by atoms with E-state index >= 15 is 0 Å². The molecule has 0 radical (unpaired) electrons. The van der Waals surface area contributed by atoms with Crippen molar-refractivity contribution in [2.24, 2.45) is 0 Å². The molecule has 24 heavy (non-hydrogen) atoms. The molecule has 1 fully saturated rings. The maximum absolute atomic E-state index is 12.5. The van der Waals surface area contributed by atoms with Gasteiger partial charge in [0, 0.05) is 31.5 Å². The SMILES string of the molecule is COCC1C(NS(C)(=O)=O)CCN1C(=O)COc1ncccc1C. The van der Waals surface area contributed by atoms with Crippen LogP contribution in [0.15, 0.2) is 18.3 Å². The van der Waals surface area contributed by atoms with E-state index in [4.69, 9.17) is 9.47 Å². The van der Waals surface area contributed by atoms with Crippen LogP contribution in [0.25, 0.3) is 0 Å². The first-order chi connectivity index (χ1) is 11.3. The number of ether oxygens (including phenoxy) is 2. The largest absolute Gasteiger partial charge is 0.467 e. The van der Waals surface area contributed by atoms with Crippen LogP contribution >= 0.6 is 0 Å². The standard InChI is InChI=1S/C15H23N3O5S/c1-11-5-4-7-16-15(11)23-10-14(19)18-8-6-12(13(18)9-22-2)17-24(3,20)21/h4-5,7,12-13,17H,6,8-10H2,1-3H3. The van der Waals surface area contributed by atoms with Crippen molar-refractivity contribution in [1.82, 2.24) is 14.6 Å². The van der Waals surface area contributed by atoms with Crippen LogP contribution in [0.2, 0.25) is 0 Å². The highest BCUT2D eigenvalue weighted by Crippen LogP contribution is 2.20. The molecular weight excluding hydrogens is 334 g/mol. The summed E-state index contributed by atoms with van der Waals surface area (Å²) in [6.45, 7) is 2.40. The number of amides is 1. The van der Waals surface area contributed by atoms with Crippen molar-refractivity contribution in [3.8, 4) is 5.88 Å². The normalized spacial score (nSPS) is 21.0. The van der Waals surface area contributed by atoms with Crippen molar-refractivity contribution in [2.75, 3.05) is 33.1 Å². The van der Waals surface area contributed by atoms with Gasteiger partial charge in [-0.1, -0.05) is 6.07 Å². The lowest BCUT2D eigenvalue weighted by Crippen LogP contribution is -2.49. The Labute approximate surface area is 142 Å². The number of likely N-dealkylation sites (tertiary alicyclic amines) is 1. The van der Waals surface area contributed by atoms with Crippen LogP contribution in [0.3, 0.4) is 0 Å². The highest BCUT2D eigenvalue weighted by Gasteiger charge is 2.38. The Morgan fingerprint density at radius 1 is 1.50 bits per heavy atom. The molecule has 2 rings (SSSR count). The van der Waals surface area contributed by atoms with Crippen LogP contribution in [-0.2, 0) is 19.6 Å². The highest BCUT2D eigenvalue weighted by atomic mass is 32.2. The quantitative estimate of drug-likeness (QED) is 0.734. The lowest BCUT2D eigenvalue weighted by atomic mass is 10.1. The van der Waals surface area contributed by atoms with E-state index < -0.39 is 10.0 Å². The number of hydrogen-bond acceptors (Lipinski definition) is 6. The summed E-state index contributed by atoms with van der Waals surface area (Å²) in [5.74, 6) is 0.194. The average molecular weight is 357 g/mol. The average Bonchev–Trinajstić information content (AvgIpc) is 2.87. The van der Waals surface area contributed by atoms with Crippen LogP contribution < -0.4 is 9.46 Å². The van der Waals surface area contributed by atoms with Gasteiger partial charge in [-0.15, -0.1) is 0 Å². The first kappa shape index (κ1) is 18.6. The Hall–Kier alpha value is -1.71. The van der Waals surface area contributed by atoms with Crippen molar-refractivity contribution < 1.29 is 22.7 Å². The Morgan fingerprint density at radius 3 is 2.88 bits per heavy atom. The zero-order valence-electron chi connectivity index (χ0n) is 14.1. The minimum absolute atomic E-state index is 0.149. The molecular formula is C15H23N3O5S. The monoisotopic (exact) mass is 357 g/mol. The molecule has 0 spiro atoms. The number of hydrogen-bond donors (Lipinski definition) is 1. The van der Waals surface area contributed by atoms with Crippen molar-refractivity contribution in [2.45, 2.75) is 25.4 Å². The van der Waals surface area contributed by atoms with Gasteiger partial charge >= 0.3 is 0 Å². The number of aromatic nitrogens is 1. The topological polar surface area (TPSA) is 97.8 Å². The highest BCUT2D eigenvalue weighted by molar-refractivity contribution is 7.88. The molecule has 1 aliphatic rings. The Bertz CT molecular complexity index is 679. The predicted octanol–water partition coefficient (Wildman–Crippen LogP) is -0.0661. The molecule has 9 heteroatoms. The first-order valence-corrected chi connectivity index (χ1v) is 9.51. The summed E-state index contributed by atoms with van der Waals surface area (Å²) in [5.41, 5.74) is 0.844. The third-order valence-corrected chi connectivity index (χ3v) is 4.59. The minimum Gasteiger partial charge on any atom is -0.467 e. The van der Waals surface area contributed by atoms with Crippen LogP contribution in [0.4, 0.5) is 0 Å². The van der Waals surface area contributed by atoms with E-state index in [1.165, 1.54) is 7.11 Å². The molecule has 1 N–H and O–H groups in total. The van der Waals surface area contributed by atoms with Gasteiger partial charge in [0.25, 0.3) is 5.91 Å². The van der Waals surface area contributed by atoms with Crippen molar-refractivity contribution in [1.29, 1.82) is 0 Å². The minimum atomic E-state index is -3.35. The van der Waals surface area contributed by atoms with E-state index in [0.29, 0.717) is 18.8 Å². The molecule has 1 aliphatic heterocycles. The number of nitrogens with one attached hydrogen (secondary N) is 1. The van der Waals surface area contributed by atoms with Gasteiger partial charge in [-0.2, -0.15) is 0 Å². The predicted molar refractivity (Wildman–Crippen MR) is 88.2 cm³/mol. The van der Waals surface area contributed by atoms with Crippen LogP contribution in [-0.4, -0.2) is 69.4 Å². The van der Waals surface area contributed by atoms with Crippen LogP contribution in [0, 0.1) is 6.92 Å². The lowest BCUT2D eigenvalue weighted by molar-refractivity contribution is -0.135. The second kappa shape index (κ2) is 7.91. The summed E-state index contributed by atoms with van der Waals surface area (Å²) in [4.78, 5) is 18.2. The fourth-order valence-electron chi connectivity index (χ4n) is 2.79. The summed E-state index contributed by atoms with van der Waals surface area (Å²) in [7, 11) is -1.83. The van der Waals surface area contributed by atoms with E-state index in [1.54, 1.807) is 17.2 Å². The summed E-state index contributed by atoms with van der Waals surface area (Å²) in [6, 6.07) is 2.93. The zero-order chi connectivity index (χ0) is 17.7. The molecule has 1 amide bonds. The smallest absolute Gasteiger partial charge is 0.260 e. The molecule has 1 aromatic rings. The van der Waals surface area contributed by atoms with E-state index in [2.05, 4.69) is 9.71 Å². The fraction of sp³-hybridized carbons (Fsp3) is 0.600. The van der Waals surface area contributed by atoms with Crippen molar-refractivity contribution in [3.05, 3.63) is 23.9 Å². The Balaban J connectivity index is 2.01. The zero-order valence-corrected chi connectivity index (χ0v) is 14.9. The molecule has 2 atom stereocenters.